The van der Waals surface area contributed by atoms with E-state index in [2.05, 4.69) is 22.4 Å². The molecule has 0 fully saturated rings. The number of nitrogens with zero attached hydrogens (tertiary/aromatic N) is 3. The van der Waals surface area contributed by atoms with E-state index in [4.69, 9.17) is 16.3 Å². The number of ether oxygens (including phenoxy) is 1. The van der Waals surface area contributed by atoms with Gasteiger partial charge in [0.1, 0.15) is 5.00 Å². The lowest BCUT2D eigenvalue weighted by Crippen LogP contribution is -2.18. The number of thiophene rings is 1. The normalized spacial score (nSPS) is 15.1. The van der Waals surface area contributed by atoms with Crippen LogP contribution in [-0.4, -0.2) is 39.0 Å². The molecule has 1 N–H and O–H groups in total. The highest BCUT2D eigenvalue weighted by atomic mass is 35.5. The van der Waals surface area contributed by atoms with Crippen molar-refractivity contribution in [3.63, 3.8) is 0 Å². The van der Waals surface area contributed by atoms with E-state index in [-0.39, 0.29) is 17.6 Å². The average Bonchev–Trinajstić information content (AvgIpc) is 3.38. The minimum absolute atomic E-state index is 0.153. The fourth-order valence-corrected chi connectivity index (χ4v) is 6.39. The van der Waals surface area contributed by atoms with Crippen LogP contribution in [-0.2, 0) is 28.9 Å². The molecule has 1 amide bonds. The molecule has 0 aliphatic heterocycles. The number of amides is 1. The van der Waals surface area contributed by atoms with Gasteiger partial charge < -0.3 is 14.6 Å². The third-order valence-electron chi connectivity index (χ3n) is 5.71. The van der Waals surface area contributed by atoms with Gasteiger partial charge in [0.2, 0.25) is 5.91 Å². The molecule has 0 saturated carbocycles. The Kier molecular flexibility index (Phi) is 7.95. The van der Waals surface area contributed by atoms with E-state index in [0.717, 1.165) is 36.2 Å². The van der Waals surface area contributed by atoms with Crippen molar-refractivity contribution in [3.05, 3.63) is 45.3 Å². The molecule has 1 aromatic carbocycles. The first-order chi connectivity index (χ1) is 16.4. The van der Waals surface area contributed by atoms with Gasteiger partial charge in [-0.15, -0.1) is 21.5 Å². The zero-order valence-corrected chi connectivity index (χ0v) is 21.8. The van der Waals surface area contributed by atoms with Crippen LogP contribution >= 0.6 is 34.7 Å². The molecule has 2 heterocycles. The van der Waals surface area contributed by atoms with Crippen LogP contribution in [0.3, 0.4) is 0 Å². The Balaban J connectivity index is 1.49. The van der Waals surface area contributed by atoms with Gasteiger partial charge in [0, 0.05) is 22.0 Å². The summed E-state index contributed by atoms with van der Waals surface area (Å²) in [6.07, 6.45) is 2.78. The lowest BCUT2D eigenvalue weighted by atomic mass is 9.88. The summed E-state index contributed by atoms with van der Waals surface area (Å²) in [5.41, 5.74) is 2.46. The van der Waals surface area contributed by atoms with Crippen molar-refractivity contribution in [1.29, 1.82) is 0 Å². The molecule has 10 heteroatoms. The summed E-state index contributed by atoms with van der Waals surface area (Å²) in [6, 6.07) is 7.43. The fourth-order valence-electron chi connectivity index (χ4n) is 4.04. The number of halogens is 1. The first kappa shape index (κ1) is 24.8. The Morgan fingerprint density at radius 2 is 2.03 bits per heavy atom. The van der Waals surface area contributed by atoms with Gasteiger partial charge in [0.15, 0.2) is 11.0 Å². The van der Waals surface area contributed by atoms with Gasteiger partial charge in [0.25, 0.3) is 0 Å². The number of carbonyl (C=O) groups is 2. The zero-order chi connectivity index (χ0) is 24.2. The average molecular weight is 519 g/mol. The van der Waals surface area contributed by atoms with Crippen molar-refractivity contribution < 1.29 is 14.3 Å². The summed E-state index contributed by atoms with van der Waals surface area (Å²) < 4.78 is 7.26. The third kappa shape index (κ3) is 5.31. The summed E-state index contributed by atoms with van der Waals surface area (Å²) in [6.45, 7) is 6.97. The minimum Gasteiger partial charge on any atom is -0.462 e. The van der Waals surface area contributed by atoms with E-state index < -0.39 is 0 Å². The van der Waals surface area contributed by atoms with Crippen molar-refractivity contribution in [2.24, 2.45) is 5.92 Å². The first-order valence-corrected chi connectivity index (χ1v) is 13.5. The Morgan fingerprint density at radius 1 is 1.26 bits per heavy atom. The van der Waals surface area contributed by atoms with Gasteiger partial charge >= 0.3 is 5.97 Å². The summed E-state index contributed by atoms with van der Waals surface area (Å²) in [5.74, 6) is 0.888. The number of hydrogen-bond acceptors (Lipinski definition) is 7. The minimum atomic E-state index is -0.365. The standard InChI is InChI=1S/C24H27ClN4O3S2/c1-4-29-21(15-7-9-16(25)10-8-15)27-28-24(29)33-13-19(30)26-22-20(23(31)32-5-2)17-11-6-14(3)12-18(17)34-22/h7-10,14H,4-6,11-13H2,1-3H3,(H,26,30). The molecule has 1 atom stereocenters. The van der Waals surface area contributed by atoms with Crippen LogP contribution < -0.4 is 5.32 Å². The van der Waals surface area contributed by atoms with E-state index in [1.807, 2.05) is 35.8 Å². The van der Waals surface area contributed by atoms with Crippen LogP contribution in [0.5, 0.6) is 0 Å². The molecule has 0 bridgehead atoms. The predicted octanol–water partition coefficient (Wildman–Crippen LogP) is 5.71. The largest absolute Gasteiger partial charge is 0.462 e. The number of thioether (sulfide) groups is 1. The number of anilines is 1. The van der Waals surface area contributed by atoms with Crippen molar-refractivity contribution in [2.75, 3.05) is 17.7 Å². The van der Waals surface area contributed by atoms with Gasteiger partial charge in [-0.25, -0.2) is 4.79 Å². The second-order valence-corrected chi connectivity index (χ2v) is 10.7. The maximum absolute atomic E-state index is 12.9. The molecule has 3 aromatic rings. The molecule has 1 unspecified atom stereocenters. The van der Waals surface area contributed by atoms with E-state index in [9.17, 15) is 9.59 Å². The van der Waals surface area contributed by atoms with Crippen LogP contribution in [0.4, 0.5) is 5.00 Å². The van der Waals surface area contributed by atoms with Crippen LogP contribution in [0.15, 0.2) is 29.4 Å². The molecule has 0 saturated heterocycles. The number of hydrogen-bond donors (Lipinski definition) is 1. The van der Waals surface area contributed by atoms with Crippen molar-refractivity contribution in [1.82, 2.24) is 14.8 Å². The summed E-state index contributed by atoms with van der Waals surface area (Å²) in [4.78, 5) is 26.7. The van der Waals surface area contributed by atoms with E-state index >= 15 is 0 Å². The number of nitrogens with one attached hydrogen (secondary N) is 1. The van der Waals surface area contributed by atoms with Gasteiger partial charge in [-0.1, -0.05) is 30.3 Å². The molecule has 2 aromatic heterocycles. The SMILES string of the molecule is CCOC(=O)c1c(NC(=O)CSc2nnc(-c3ccc(Cl)cc3)n2CC)sc2c1CCC(C)C2. The molecule has 7 nitrogen and oxygen atoms in total. The number of aromatic nitrogens is 3. The number of fused-ring (bicyclic) bond motifs is 1. The maximum atomic E-state index is 12.9. The lowest BCUT2D eigenvalue weighted by molar-refractivity contribution is -0.113. The topological polar surface area (TPSA) is 86.1 Å². The van der Waals surface area contributed by atoms with Crippen molar-refractivity contribution >= 4 is 51.6 Å². The van der Waals surface area contributed by atoms with Crippen LogP contribution in [0.1, 0.15) is 48.0 Å². The number of carbonyl (C=O) groups excluding carboxylic acids is 2. The molecule has 1 aliphatic rings. The molecular formula is C24H27ClN4O3S2. The van der Waals surface area contributed by atoms with Crippen LogP contribution in [0.25, 0.3) is 11.4 Å². The molecule has 4 rings (SSSR count). The first-order valence-electron chi connectivity index (χ1n) is 11.3. The second-order valence-electron chi connectivity index (χ2n) is 8.17. The Morgan fingerprint density at radius 3 is 2.74 bits per heavy atom. The highest BCUT2D eigenvalue weighted by Crippen LogP contribution is 2.40. The van der Waals surface area contributed by atoms with Crippen LogP contribution in [0.2, 0.25) is 5.02 Å². The van der Waals surface area contributed by atoms with Crippen molar-refractivity contribution in [2.45, 2.75) is 51.7 Å². The highest BCUT2D eigenvalue weighted by Gasteiger charge is 2.29. The van der Waals surface area contributed by atoms with Gasteiger partial charge in [-0.2, -0.15) is 0 Å². The van der Waals surface area contributed by atoms with Gasteiger partial charge in [-0.3, -0.25) is 4.79 Å². The number of benzene rings is 1. The third-order valence-corrected chi connectivity index (χ3v) is 8.10. The van der Waals surface area contributed by atoms with E-state index in [1.165, 1.54) is 28.0 Å². The summed E-state index contributed by atoms with van der Waals surface area (Å²) in [5, 5.41) is 13.5. The molecule has 1 aliphatic carbocycles. The maximum Gasteiger partial charge on any atom is 0.341 e. The summed E-state index contributed by atoms with van der Waals surface area (Å²) in [7, 11) is 0. The van der Waals surface area contributed by atoms with Gasteiger partial charge in [0.05, 0.1) is 17.9 Å². The summed E-state index contributed by atoms with van der Waals surface area (Å²) >= 11 is 8.81. The van der Waals surface area contributed by atoms with Crippen LogP contribution in [0, 0.1) is 5.92 Å². The number of rotatable bonds is 8. The van der Waals surface area contributed by atoms with Gasteiger partial charge in [-0.05, 0) is 68.9 Å². The highest BCUT2D eigenvalue weighted by molar-refractivity contribution is 7.99. The van der Waals surface area contributed by atoms with Crippen molar-refractivity contribution in [3.8, 4) is 11.4 Å². The molecular weight excluding hydrogens is 492 g/mol. The number of esters is 1. The lowest BCUT2D eigenvalue weighted by Gasteiger charge is -2.18. The Hall–Kier alpha value is -2.36. The second kappa shape index (κ2) is 10.9. The molecule has 34 heavy (non-hydrogen) atoms. The monoisotopic (exact) mass is 518 g/mol. The predicted molar refractivity (Wildman–Crippen MR) is 137 cm³/mol. The smallest absolute Gasteiger partial charge is 0.341 e. The van der Waals surface area contributed by atoms with E-state index in [0.29, 0.717) is 39.8 Å². The Labute approximate surface area is 212 Å². The Bertz CT molecular complexity index is 1190. The molecule has 0 spiro atoms. The quantitative estimate of drug-likeness (QED) is 0.303. The molecule has 180 valence electrons. The fraction of sp³-hybridized carbons (Fsp3) is 0.417. The molecule has 0 radical (unpaired) electrons. The van der Waals surface area contributed by atoms with E-state index in [1.54, 1.807) is 6.92 Å². The zero-order valence-electron chi connectivity index (χ0n) is 19.4.